The van der Waals surface area contributed by atoms with Gasteiger partial charge in [-0.1, -0.05) is 31.0 Å². The van der Waals surface area contributed by atoms with Crippen molar-refractivity contribution in [1.82, 2.24) is 9.80 Å². The second kappa shape index (κ2) is 10.1. The van der Waals surface area contributed by atoms with Gasteiger partial charge in [0.15, 0.2) is 0 Å². The molecule has 2 aromatic rings. The van der Waals surface area contributed by atoms with Crippen molar-refractivity contribution in [3.05, 3.63) is 65.5 Å². The zero-order valence-corrected chi connectivity index (χ0v) is 18.7. The Bertz CT molecular complexity index is 1030. The highest BCUT2D eigenvalue weighted by molar-refractivity contribution is 5.96. The van der Waals surface area contributed by atoms with Gasteiger partial charge in [-0.2, -0.15) is 13.2 Å². The molecule has 182 valence electrons. The van der Waals surface area contributed by atoms with Gasteiger partial charge >= 0.3 is 6.18 Å². The van der Waals surface area contributed by atoms with Crippen LogP contribution in [0.4, 0.5) is 23.2 Å². The van der Waals surface area contributed by atoms with Crippen molar-refractivity contribution >= 4 is 17.5 Å². The van der Waals surface area contributed by atoms with E-state index in [2.05, 4.69) is 5.32 Å². The van der Waals surface area contributed by atoms with Crippen molar-refractivity contribution in [1.29, 1.82) is 0 Å². The van der Waals surface area contributed by atoms with E-state index in [4.69, 9.17) is 0 Å². The summed E-state index contributed by atoms with van der Waals surface area (Å²) in [5.74, 6) is -1.18. The quantitative estimate of drug-likeness (QED) is 0.630. The average molecular weight is 478 g/mol. The van der Waals surface area contributed by atoms with Crippen LogP contribution in [0.5, 0.6) is 0 Å². The van der Waals surface area contributed by atoms with Gasteiger partial charge in [-0.3, -0.25) is 14.5 Å². The molecule has 4 rings (SSSR count). The van der Waals surface area contributed by atoms with E-state index < -0.39 is 29.5 Å². The van der Waals surface area contributed by atoms with E-state index >= 15 is 0 Å². The molecule has 5 nitrogen and oxygen atoms in total. The minimum atomic E-state index is -4.61. The Kier molecular flexibility index (Phi) is 7.21. The Balaban J connectivity index is 1.46. The van der Waals surface area contributed by atoms with E-state index in [0.717, 1.165) is 31.7 Å². The molecule has 2 fully saturated rings. The molecule has 1 saturated heterocycles. The second-order valence-electron chi connectivity index (χ2n) is 8.86. The summed E-state index contributed by atoms with van der Waals surface area (Å²) in [6.45, 7) is 1.19. The zero-order chi connectivity index (χ0) is 24.3. The molecule has 1 aliphatic heterocycles. The van der Waals surface area contributed by atoms with E-state index in [1.807, 2.05) is 4.90 Å². The molecule has 34 heavy (non-hydrogen) atoms. The Hall–Kier alpha value is -2.94. The largest absolute Gasteiger partial charge is 0.417 e. The Morgan fingerprint density at radius 1 is 0.941 bits per heavy atom. The lowest BCUT2D eigenvalue weighted by Gasteiger charge is -2.41. The molecule has 2 aromatic carbocycles. The van der Waals surface area contributed by atoms with Crippen LogP contribution in [0.15, 0.2) is 48.5 Å². The summed E-state index contributed by atoms with van der Waals surface area (Å²) < 4.78 is 53.7. The minimum Gasteiger partial charge on any atom is -0.336 e. The molecule has 1 saturated carbocycles. The molecular formula is C25H27F4N3O2. The fourth-order valence-corrected chi connectivity index (χ4v) is 5.02. The highest BCUT2D eigenvalue weighted by Gasteiger charge is 2.39. The van der Waals surface area contributed by atoms with Gasteiger partial charge in [0.1, 0.15) is 5.82 Å². The van der Waals surface area contributed by atoms with Crippen molar-refractivity contribution in [3.8, 4) is 0 Å². The highest BCUT2D eigenvalue weighted by Crippen LogP contribution is 2.34. The number of piperazine rings is 1. The third kappa shape index (κ3) is 5.41. The van der Waals surface area contributed by atoms with Crippen molar-refractivity contribution in [2.75, 3.05) is 31.5 Å². The summed E-state index contributed by atoms with van der Waals surface area (Å²) in [4.78, 5) is 29.5. The van der Waals surface area contributed by atoms with Crippen LogP contribution in [0.3, 0.4) is 0 Å². The predicted octanol–water partition coefficient (Wildman–Crippen LogP) is 4.80. The van der Waals surface area contributed by atoms with Crippen LogP contribution in [0.25, 0.3) is 0 Å². The molecule has 1 unspecified atom stereocenters. The molecule has 1 atom stereocenters. The number of anilines is 1. The molecule has 9 heteroatoms. The number of carbonyl (C=O) groups is 2. The Morgan fingerprint density at radius 3 is 2.26 bits per heavy atom. The summed E-state index contributed by atoms with van der Waals surface area (Å²) in [6.07, 6.45) is -0.752. The number of benzene rings is 2. The first-order valence-electron chi connectivity index (χ1n) is 11.5. The first-order chi connectivity index (χ1) is 16.2. The van der Waals surface area contributed by atoms with Crippen LogP contribution in [0.2, 0.25) is 0 Å². The van der Waals surface area contributed by atoms with Crippen molar-refractivity contribution < 1.29 is 27.2 Å². The molecule has 1 N–H and O–H groups in total. The van der Waals surface area contributed by atoms with Crippen LogP contribution in [0.1, 0.15) is 41.6 Å². The van der Waals surface area contributed by atoms with E-state index in [1.165, 1.54) is 41.3 Å². The minimum absolute atomic E-state index is 0.141. The molecule has 2 amide bonds. The molecule has 2 aliphatic rings. The molecule has 1 aliphatic carbocycles. The van der Waals surface area contributed by atoms with Crippen LogP contribution in [0, 0.1) is 11.7 Å². The maximum Gasteiger partial charge on any atom is 0.417 e. The lowest BCUT2D eigenvalue weighted by molar-refractivity contribution is -0.138. The molecule has 1 heterocycles. The number of nitrogens with zero attached hydrogens (tertiary/aromatic N) is 2. The number of halogens is 4. The fourth-order valence-electron chi connectivity index (χ4n) is 5.02. The van der Waals surface area contributed by atoms with Gasteiger partial charge in [-0.25, -0.2) is 4.39 Å². The standard InChI is InChI=1S/C25H27F4N3O2/c26-18-8-5-9-19(16-18)30-23(33)22(17-6-1-2-7-17)31-12-14-32(15-13-31)24(34)20-10-3-4-11-21(20)25(27,28)29/h3-5,8-11,16-17,22H,1-2,6-7,12-15H2,(H,30,33). The Morgan fingerprint density at radius 2 is 1.62 bits per heavy atom. The van der Waals surface area contributed by atoms with E-state index in [0.29, 0.717) is 18.8 Å². The van der Waals surface area contributed by atoms with Crippen LogP contribution in [-0.2, 0) is 11.0 Å². The smallest absolute Gasteiger partial charge is 0.336 e. The number of hydrogen-bond donors (Lipinski definition) is 1. The maximum absolute atomic E-state index is 13.6. The van der Waals surface area contributed by atoms with Crippen molar-refractivity contribution in [2.45, 2.75) is 37.9 Å². The first kappa shape index (κ1) is 24.2. The Labute approximate surface area is 195 Å². The summed E-state index contributed by atoms with van der Waals surface area (Å²) in [7, 11) is 0. The topological polar surface area (TPSA) is 52.7 Å². The van der Waals surface area contributed by atoms with E-state index in [1.54, 1.807) is 6.07 Å². The predicted molar refractivity (Wildman–Crippen MR) is 120 cm³/mol. The SMILES string of the molecule is O=C(Nc1cccc(F)c1)C(C1CCCC1)N1CCN(C(=O)c2ccccc2C(F)(F)F)CC1. The van der Waals surface area contributed by atoms with Gasteiger partial charge in [0.25, 0.3) is 5.91 Å². The molecule has 0 spiro atoms. The monoisotopic (exact) mass is 477 g/mol. The van der Waals surface area contributed by atoms with Crippen molar-refractivity contribution in [2.24, 2.45) is 5.92 Å². The van der Waals surface area contributed by atoms with Gasteiger partial charge in [0, 0.05) is 31.9 Å². The van der Waals surface area contributed by atoms with Gasteiger partial charge < -0.3 is 10.2 Å². The van der Waals surface area contributed by atoms with Gasteiger partial charge in [-0.05, 0) is 49.1 Å². The third-order valence-corrected chi connectivity index (χ3v) is 6.66. The fraction of sp³-hybridized carbons (Fsp3) is 0.440. The number of alkyl halides is 3. The summed E-state index contributed by atoms with van der Waals surface area (Å²) in [5.41, 5.74) is -0.925. The maximum atomic E-state index is 13.6. The van der Waals surface area contributed by atoms with Gasteiger partial charge in [0.05, 0.1) is 17.2 Å². The molecule has 0 aromatic heterocycles. The van der Waals surface area contributed by atoms with E-state index in [-0.39, 0.29) is 30.5 Å². The van der Waals surface area contributed by atoms with Gasteiger partial charge in [-0.15, -0.1) is 0 Å². The molecule has 0 bridgehead atoms. The lowest BCUT2D eigenvalue weighted by Crippen LogP contribution is -2.57. The van der Waals surface area contributed by atoms with E-state index in [9.17, 15) is 27.2 Å². The number of rotatable bonds is 5. The second-order valence-corrected chi connectivity index (χ2v) is 8.86. The average Bonchev–Trinajstić information content (AvgIpc) is 3.33. The number of carbonyl (C=O) groups excluding carboxylic acids is 2. The van der Waals surface area contributed by atoms with Crippen LogP contribution in [-0.4, -0.2) is 53.8 Å². The molecular weight excluding hydrogens is 450 g/mol. The summed E-state index contributed by atoms with van der Waals surface area (Å²) in [6, 6.07) is 10.1. The first-order valence-corrected chi connectivity index (χ1v) is 11.5. The molecule has 0 radical (unpaired) electrons. The summed E-state index contributed by atoms with van der Waals surface area (Å²) in [5, 5.41) is 2.81. The summed E-state index contributed by atoms with van der Waals surface area (Å²) >= 11 is 0. The van der Waals surface area contributed by atoms with Crippen LogP contribution >= 0.6 is 0 Å². The number of nitrogens with one attached hydrogen (secondary N) is 1. The normalized spacial score (nSPS) is 18.6. The number of hydrogen-bond acceptors (Lipinski definition) is 3. The van der Waals surface area contributed by atoms with Crippen molar-refractivity contribution in [3.63, 3.8) is 0 Å². The van der Waals surface area contributed by atoms with Gasteiger partial charge in [0.2, 0.25) is 5.91 Å². The number of amides is 2. The zero-order valence-electron chi connectivity index (χ0n) is 18.7. The lowest BCUT2D eigenvalue weighted by atomic mass is 9.94. The highest BCUT2D eigenvalue weighted by atomic mass is 19.4. The third-order valence-electron chi connectivity index (χ3n) is 6.66. The van der Waals surface area contributed by atoms with Crippen LogP contribution < -0.4 is 5.32 Å².